The van der Waals surface area contributed by atoms with Gasteiger partial charge in [0.05, 0.1) is 6.04 Å². The maximum atomic E-state index is 12.7. The van der Waals surface area contributed by atoms with Crippen LogP contribution in [-0.2, 0) is 9.59 Å². The fourth-order valence-electron chi connectivity index (χ4n) is 3.19. The predicted octanol–water partition coefficient (Wildman–Crippen LogP) is 3.69. The topological polar surface area (TPSA) is 75.6 Å². The quantitative estimate of drug-likeness (QED) is 0.779. The summed E-state index contributed by atoms with van der Waals surface area (Å²) in [5.74, 6) is -0.366. The lowest BCUT2D eigenvalue weighted by Gasteiger charge is -2.29. The Morgan fingerprint density at radius 3 is 2.29 bits per heavy atom. The van der Waals surface area contributed by atoms with Crippen LogP contribution in [0.5, 0.6) is 5.75 Å². The number of nitrogens with one attached hydrogen (secondary N) is 1. The zero-order valence-corrected chi connectivity index (χ0v) is 14.5. The number of aliphatic carboxylic acids is 1. The Morgan fingerprint density at radius 1 is 1.17 bits per heavy atom. The average molecular weight is 333 g/mol. The van der Waals surface area contributed by atoms with Gasteiger partial charge in [-0.1, -0.05) is 44.7 Å². The zero-order valence-electron chi connectivity index (χ0n) is 14.5. The molecule has 0 saturated heterocycles. The molecule has 5 heteroatoms. The van der Waals surface area contributed by atoms with Crippen molar-refractivity contribution in [2.45, 2.75) is 58.4 Å². The largest absolute Gasteiger partial charge is 0.482 e. The summed E-state index contributed by atoms with van der Waals surface area (Å²) in [6, 6.07) is 7.09. The highest BCUT2D eigenvalue weighted by Gasteiger charge is 2.34. The van der Waals surface area contributed by atoms with E-state index in [1.165, 1.54) is 12.8 Å². The minimum atomic E-state index is -1.00. The fourth-order valence-corrected chi connectivity index (χ4v) is 3.19. The van der Waals surface area contributed by atoms with Crippen molar-refractivity contribution in [3.8, 4) is 5.75 Å². The van der Waals surface area contributed by atoms with E-state index in [0.717, 1.165) is 31.2 Å². The van der Waals surface area contributed by atoms with Gasteiger partial charge in [-0.15, -0.1) is 0 Å². The number of hydrogen-bond acceptors (Lipinski definition) is 3. The Kier molecular flexibility index (Phi) is 6.23. The molecule has 1 aromatic rings. The number of hydrogen-bond donors (Lipinski definition) is 2. The standard InChI is InChI=1S/C19H27NO4/c1-14(15-7-9-16(10-8-15)24-13-17(21)22)20-18(23)19(2)11-5-3-4-6-12-19/h7-10,14H,3-6,11-13H2,1-2H3,(H,20,23)(H,21,22). The van der Waals surface area contributed by atoms with Crippen LogP contribution in [0.4, 0.5) is 0 Å². The van der Waals surface area contributed by atoms with Crippen LogP contribution in [0, 0.1) is 5.41 Å². The minimum absolute atomic E-state index is 0.0916. The Labute approximate surface area is 143 Å². The van der Waals surface area contributed by atoms with Gasteiger partial charge < -0.3 is 15.2 Å². The molecule has 0 aliphatic heterocycles. The van der Waals surface area contributed by atoms with Gasteiger partial charge in [0.1, 0.15) is 5.75 Å². The first kappa shape index (κ1) is 18.3. The summed E-state index contributed by atoms with van der Waals surface area (Å²) in [5.41, 5.74) is 0.707. The van der Waals surface area contributed by atoms with E-state index < -0.39 is 5.97 Å². The lowest BCUT2D eigenvalue weighted by atomic mass is 9.81. The number of benzene rings is 1. The number of rotatable bonds is 6. The number of carboxylic acid groups (broad SMARTS) is 1. The minimum Gasteiger partial charge on any atom is -0.482 e. The number of amides is 1. The predicted molar refractivity (Wildman–Crippen MR) is 91.9 cm³/mol. The molecule has 24 heavy (non-hydrogen) atoms. The van der Waals surface area contributed by atoms with E-state index in [-0.39, 0.29) is 24.0 Å². The molecule has 1 aliphatic rings. The smallest absolute Gasteiger partial charge is 0.341 e. The molecule has 1 aromatic carbocycles. The van der Waals surface area contributed by atoms with Gasteiger partial charge in [0.15, 0.2) is 6.61 Å². The SMILES string of the molecule is CC(NC(=O)C1(C)CCCCCC1)c1ccc(OCC(=O)O)cc1. The van der Waals surface area contributed by atoms with Crippen molar-refractivity contribution in [2.75, 3.05) is 6.61 Å². The molecule has 5 nitrogen and oxygen atoms in total. The Balaban J connectivity index is 1.94. The van der Waals surface area contributed by atoms with Crippen molar-refractivity contribution in [2.24, 2.45) is 5.41 Å². The highest BCUT2D eigenvalue weighted by molar-refractivity contribution is 5.82. The van der Waals surface area contributed by atoms with Crippen LogP contribution in [0.1, 0.15) is 64.0 Å². The molecule has 1 aliphatic carbocycles. The van der Waals surface area contributed by atoms with Crippen molar-refractivity contribution in [3.63, 3.8) is 0 Å². The van der Waals surface area contributed by atoms with Crippen molar-refractivity contribution < 1.29 is 19.4 Å². The first-order valence-electron chi connectivity index (χ1n) is 8.66. The van der Waals surface area contributed by atoms with Gasteiger partial charge >= 0.3 is 5.97 Å². The van der Waals surface area contributed by atoms with Crippen LogP contribution in [0.3, 0.4) is 0 Å². The third-order valence-electron chi connectivity index (χ3n) is 4.85. The lowest BCUT2D eigenvalue weighted by molar-refractivity contribution is -0.139. The molecule has 1 saturated carbocycles. The van der Waals surface area contributed by atoms with E-state index in [1.54, 1.807) is 12.1 Å². The van der Waals surface area contributed by atoms with E-state index in [0.29, 0.717) is 5.75 Å². The van der Waals surface area contributed by atoms with Crippen LogP contribution in [0.25, 0.3) is 0 Å². The van der Waals surface area contributed by atoms with E-state index in [1.807, 2.05) is 19.1 Å². The van der Waals surface area contributed by atoms with E-state index >= 15 is 0 Å². The van der Waals surface area contributed by atoms with Gasteiger partial charge in [0.25, 0.3) is 0 Å². The Morgan fingerprint density at radius 2 is 1.75 bits per heavy atom. The number of carbonyl (C=O) groups is 2. The molecule has 1 fully saturated rings. The highest BCUT2D eigenvalue weighted by Crippen LogP contribution is 2.35. The van der Waals surface area contributed by atoms with E-state index in [9.17, 15) is 9.59 Å². The molecular weight excluding hydrogens is 306 g/mol. The molecule has 132 valence electrons. The van der Waals surface area contributed by atoms with Gasteiger partial charge in [0.2, 0.25) is 5.91 Å². The third kappa shape index (κ3) is 4.98. The number of carbonyl (C=O) groups excluding carboxylic acids is 1. The van der Waals surface area contributed by atoms with Crippen LogP contribution >= 0.6 is 0 Å². The van der Waals surface area contributed by atoms with Gasteiger partial charge in [0, 0.05) is 5.41 Å². The van der Waals surface area contributed by atoms with Gasteiger partial charge in [-0.25, -0.2) is 4.79 Å². The fraction of sp³-hybridized carbons (Fsp3) is 0.579. The second-order valence-electron chi connectivity index (χ2n) is 6.92. The van der Waals surface area contributed by atoms with Crippen molar-refractivity contribution in [3.05, 3.63) is 29.8 Å². The molecular formula is C19H27NO4. The Hall–Kier alpha value is -2.04. The van der Waals surface area contributed by atoms with E-state index in [4.69, 9.17) is 9.84 Å². The van der Waals surface area contributed by atoms with Crippen molar-refractivity contribution >= 4 is 11.9 Å². The lowest BCUT2D eigenvalue weighted by Crippen LogP contribution is -2.39. The van der Waals surface area contributed by atoms with Crippen LogP contribution < -0.4 is 10.1 Å². The molecule has 2 rings (SSSR count). The Bertz CT molecular complexity index is 559. The normalized spacial score (nSPS) is 18.2. The highest BCUT2D eigenvalue weighted by atomic mass is 16.5. The molecule has 0 spiro atoms. The first-order valence-corrected chi connectivity index (χ1v) is 8.66. The maximum absolute atomic E-state index is 12.7. The van der Waals surface area contributed by atoms with Crippen molar-refractivity contribution in [1.82, 2.24) is 5.32 Å². The summed E-state index contributed by atoms with van der Waals surface area (Å²) in [5, 5.41) is 11.7. The molecule has 1 atom stereocenters. The summed E-state index contributed by atoms with van der Waals surface area (Å²) in [6.45, 7) is 3.68. The summed E-state index contributed by atoms with van der Waals surface area (Å²) >= 11 is 0. The monoisotopic (exact) mass is 333 g/mol. The molecule has 1 unspecified atom stereocenters. The number of carboxylic acids is 1. The number of ether oxygens (including phenoxy) is 1. The maximum Gasteiger partial charge on any atom is 0.341 e. The van der Waals surface area contributed by atoms with E-state index in [2.05, 4.69) is 12.2 Å². The summed E-state index contributed by atoms with van der Waals surface area (Å²) in [4.78, 5) is 23.2. The zero-order chi connectivity index (χ0) is 17.6. The first-order chi connectivity index (χ1) is 11.4. The van der Waals surface area contributed by atoms with Gasteiger partial charge in [-0.3, -0.25) is 4.79 Å². The molecule has 1 amide bonds. The van der Waals surface area contributed by atoms with Crippen LogP contribution in [0.2, 0.25) is 0 Å². The summed E-state index contributed by atoms with van der Waals surface area (Å²) < 4.78 is 5.12. The van der Waals surface area contributed by atoms with Gasteiger partial charge in [-0.05, 0) is 37.5 Å². The molecule has 2 N–H and O–H groups in total. The molecule has 0 heterocycles. The molecule has 0 radical (unpaired) electrons. The van der Waals surface area contributed by atoms with Crippen LogP contribution in [0.15, 0.2) is 24.3 Å². The second-order valence-corrected chi connectivity index (χ2v) is 6.92. The third-order valence-corrected chi connectivity index (χ3v) is 4.85. The second kappa shape index (κ2) is 8.18. The van der Waals surface area contributed by atoms with Gasteiger partial charge in [-0.2, -0.15) is 0 Å². The summed E-state index contributed by atoms with van der Waals surface area (Å²) in [7, 11) is 0. The van der Waals surface area contributed by atoms with Crippen LogP contribution in [-0.4, -0.2) is 23.6 Å². The average Bonchev–Trinajstić information content (AvgIpc) is 2.79. The molecule has 0 aromatic heterocycles. The molecule has 0 bridgehead atoms. The van der Waals surface area contributed by atoms with Crippen molar-refractivity contribution in [1.29, 1.82) is 0 Å². The summed E-state index contributed by atoms with van der Waals surface area (Å²) in [6.07, 6.45) is 6.58.